The van der Waals surface area contributed by atoms with Gasteiger partial charge in [-0.25, -0.2) is 22.5 Å². The largest absolute Gasteiger partial charge is 0.223 e. The number of benzene rings is 2. The number of sulfonamides is 1. The molecule has 3 aromatic rings. The highest BCUT2D eigenvalue weighted by Crippen LogP contribution is 2.24. The molecule has 0 fully saturated rings. The zero-order valence-corrected chi connectivity index (χ0v) is 15.3. The fourth-order valence-corrected chi connectivity index (χ4v) is 4.01. The second-order valence-corrected chi connectivity index (χ2v) is 8.03. The summed E-state index contributed by atoms with van der Waals surface area (Å²) in [7, 11) is -1.99. The van der Waals surface area contributed by atoms with Gasteiger partial charge in [-0.2, -0.15) is 9.40 Å². The Kier molecular flexibility index (Phi) is 5.15. The van der Waals surface area contributed by atoms with Crippen LogP contribution < -0.4 is 0 Å². The van der Waals surface area contributed by atoms with Crippen LogP contribution in [0.3, 0.4) is 0 Å². The van der Waals surface area contributed by atoms with Crippen molar-refractivity contribution in [3.05, 3.63) is 78.1 Å². The lowest BCUT2D eigenvalue weighted by molar-refractivity contribution is 0.398. The van der Waals surface area contributed by atoms with E-state index in [1.165, 1.54) is 34.9 Å². The molecule has 0 amide bonds. The van der Waals surface area contributed by atoms with Crippen LogP contribution in [0.1, 0.15) is 24.1 Å². The van der Waals surface area contributed by atoms with Gasteiger partial charge in [-0.3, -0.25) is 0 Å². The third-order valence-corrected chi connectivity index (χ3v) is 6.20. The monoisotopic (exact) mass is 374 g/mol. The van der Waals surface area contributed by atoms with Crippen LogP contribution in [-0.2, 0) is 15.8 Å². The molecule has 0 radical (unpaired) electrons. The molecule has 1 atom stereocenters. The average molecular weight is 374 g/mol. The van der Waals surface area contributed by atoms with Crippen LogP contribution in [0.25, 0.3) is 5.69 Å². The molecule has 0 bridgehead atoms. The summed E-state index contributed by atoms with van der Waals surface area (Å²) in [6, 6.07) is 12.6. The van der Waals surface area contributed by atoms with Crippen molar-refractivity contribution < 1.29 is 12.8 Å². The maximum atomic E-state index is 13.0. The van der Waals surface area contributed by atoms with Crippen molar-refractivity contribution in [2.24, 2.45) is 0 Å². The molecule has 0 aliphatic carbocycles. The van der Waals surface area contributed by atoms with E-state index in [2.05, 4.69) is 10.1 Å². The quantitative estimate of drug-likeness (QED) is 0.665. The van der Waals surface area contributed by atoms with Gasteiger partial charge in [0.1, 0.15) is 18.5 Å². The molecule has 8 heteroatoms. The Hall–Kier alpha value is -2.58. The Bertz CT molecular complexity index is 955. The molecule has 0 saturated heterocycles. The first-order valence-electron chi connectivity index (χ1n) is 8.02. The van der Waals surface area contributed by atoms with Crippen LogP contribution in [0.2, 0.25) is 0 Å². The van der Waals surface area contributed by atoms with Crippen LogP contribution in [0.4, 0.5) is 4.39 Å². The first kappa shape index (κ1) is 18.2. The van der Waals surface area contributed by atoms with Crippen LogP contribution in [0.15, 0.2) is 61.2 Å². The van der Waals surface area contributed by atoms with Gasteiger partial charge in [0.25, 0.3) is 0 Å². The van der Waals surface area contributed by atoms with Crippen LogP contribution in [0, 0.1) is 5.82 Å². The van der Waals surface area contributed by atoms with E-state index in [1.54, 1.807) is 18.1 Å². The summed E-state index contributed by atoms with van der Waals surface area (Å²) in [5, 5.41) is 4.06. The molecule has 3 rings (SSSR count). The molecule has 136 valence electrons. The molecule has 1 heterocycles. The van der Waals surface area contributed by atoms with E-state index in [1.807, 2.05) is 31.2 Å². The number of rotatable bonds is 6. The highest BCUT2D eigenvalue weighted by atomic mass is 32.2. The first-order valence-corrected chi connectivity index (χ1v) is 9.63. The van der Waals surface area contributed by atoms with Crippen molar-refractivity contribution >= 4 is 10.0 Å². The average Bonchev–Trinajstić information content (AvgIpc) is 3.17. The Morgan fingerprint density at radius 2 is 1.77 bits per heavy atom. The Labute approximate surface area is 152 Å². The van der Waals surface area contributed by atoms with Gasteiger partial charge in [0.05, 0.1) is 11.4 Å². The standard InChI is InChI=1S/C18H19FN4O2S/c1-14(16-5-9-18(10-6-16)23-13-20-12-21-23)22(2)26(24,25)11-15-3-7-17(19)8-4-15/h3-10,12-14H,11H2,1-2H3/t14-/m1/s1. The number of hydrogen-bond donors (Lipinski definition) is 0. The molecule has 1 aromatic heterocycles. The number of hydrogen-bond acceptors (Lipinski definition) is 4. The third kappa shape index (κ3) is 3.97. The molecule has 0 N–H and O–H groups in total. The first-order chi connectivity index (χ1) is 12.4. The number of nitrogens with zero attached hydrogens (tertiary/aromatic N) is 4. The summed E-state index contributed by atoms with van der Waals surface area (Å²) < 4.78 is 41.3. The summed E-state index contributed by atoms with van der Waals surface area (Å²) in [5.41, 5.74) is 2.25. The fraction of sp³-hybridized carbons (Fsp3) is 0.222. The molecule has 0 saturated carbocycles. The van der Waals surface area contributed by atoms with Gasteiger partial charge in [0.2, 0.25) is 10.0 Å². The minimum absolute atomic E-state index is 0.175. The summed E-state index contributed by atoms with van der Waals surface area (Å²) >= 11 is 0. The Morgan fingerprint density at radius 3 is 2.35 bits per heavy atom. The van der Waals surface area contributed by atoms with Crippen molar-refractivity contribution in [3.63, 3.8) is 0 Å². The van der Waals surface area contributed by atoms with Crippen LogP contribution >= 0.6 is 0 Å². The van der Waals surface area contributed by atoms with E-state index in [9.17, 15) is 12.8 Å². The lowest BCUT2D eigenvalue weighted by Crippen LogP contribution is -2.30. The van der Waals surface area contributed by atoms with Gasteiger partial charge in [0, 0.05) is 13.1 Å². The van der Waals surface area contributed by atoms with Crippen LogP contribution in [0.5, 0.6) is 0 Å². The minimum Gasteiger partial charge on any atom is -0.223 e. The zero-order valence-electron chi connectivity index (χ0n) is 14.4. The molecule has 0 aliphatic rings. The highest BCUT2D eigenvalue weighted by Gasteiger charge is 2.24. The molecule has 26 heavy (non-hydrogen) atoms. The molecule has 0 spiro atoms. The molecular formula is C18H19FN4O2S. The van der Waals surface area contributed by atoms with E-state index in [0.29, 0.717) is 5.56 Å². The van der Waals surface area contributed by atoms with Crippen molar-refractivity contribution in [3.8, 4) is 5.69 Å². The third-order valence-electron chi connectivity index (χ3n) is 4.31. The molecule has 2 aromatic carbocycles. The minimum atomic E-state index is -3.54. The predicted molar refractivity (Wildman–Crippen MR) is 96.6 cm³/mol. The fourth-order valence-electron chi connectivity index (χ4n) is 2.59. The van der Waals surface area contributed by atoms with E-state index < -0.39 is 10.0 Å². The topological polar surface area (TPSA) is 68.1 Å². The lowest BCUT2D eigenvalue weighted by atomic mass is 10.1. The van der Waals surface area contributed by atoms with Crippen molar-refractivity contribution in [2.45, 2.75) is 18.7 Å². The Balaban J connectivity index is 1.75. The van der Waals surface area contributed by atoms with Gasteiger partial charge < -0.3 is 0 Å². The van der Waals surface area contributed by atoms with Crippen molar-refractivity contribution in [1.29, 1.82) is 0 Å². The second kappa shape index (κ2) is 7.35. The predicted octanol–water partition coefficient (Wildman–Crippen LogP) is 2.93. The van der Waals surface area contributed by atoms with Gasteiger partial charge >= 0.3 is 0 Å². The Morgan fingerprint density at radius 1 is 1.12 bits per heavy atom. The molecular weight excluding hydrogens is 355 g/mol. The van der Waals surface area contributed by atoms with Gasteiger partial charge in [-0.15, -0.1) is 0 Å². The molecule has 0 aliphatic heterocycles. The SMILES string of the molecule is C[C@H](c1ccc(-n2cncn2)cc1)N(C)S(=O)(=O)Cc1ccc(F)cc1. The van der Waals surface area contributed by atoms with E-state index in [0.717, 1.165) is 11.3 Å². The maximum absolute atomic E-state index is 13.0. The molecule has 6 nitrogen and oxygen atoms in total. The van der Waals surface area contributed by atoms with Gasteiger partial charge in [-0.1, -0.05) is 24.3 Å². The van der Waals surface area contributed by atoms with E-state index in [-0.39, 0.29) is 17.6 Å². The number of halogens is 1. The lowest BCUT2D eigenvalue weighted by Gasteiger charge is -2.25. The summed E-state index contributed by atoms with van der Waals surface area (Å²) in [6.45, 7) is 1.83. The van der Waals surface area contributed by atoms with Gasteiger partial charge in [-0.05, 0) is 42.3 Å². The summed E-state index contributed by atoms with van der Waals surface area (Å²) in [6.07, 6.45) is 3.05. The second-order valence-electron chi connectivity index (χ2n) is 6.01. The van der Waals surface area contributed by atoms with E-state index in [4.69, 9.17) is 0 Å². The van der Waals surface area contributed by atoms with Crippen molar-refractivity contribution in [2.75, 3.05) is 7.05 Å². The smallest absolute Gasteiger partial charge is 0.218 e. The summed E-state index contributed by atoms with van der Waals surface area (Å²) in [4.78, 5) is 3.90. The van der Waals surface area contributed by atoms with E-state index >= 15 is 0 Å². The molecule has 0 unspecified atom stereocenters. The maximum Gasteiger partial charge on any atom is 0.218 e. The zero-order chi connectivity index (χ0) is 18.7. The normalized spacial score (nSPS) is 13.1. The highest BCUT2D eigenvalue weighted by molar-refractivity contribution is 7.88. The number of aromatic nitrogens is 3. The van der Waals surface area contributed by atoms with Crippen LogP contribution in [-0.4, -0.2) is 34.5 Å². The van der Waals surface area contributed by atoms with Gasteiger partial charge in [0.15, 0.2) is 0 Å². The summed E-state index contributed by atoms with van der Waals surface area (Å²) in [5.74, 6) is -0.564. The van der Waals surface area contributed by atoms with Crippen molar-refractivity contribution in [1.82, 2.24) is 19.1 Å².